The van der Waals surface area contributed by atoms with E-state index < -0.39 is 0 Å². The molecule has 0 atom stereocenters. The zero-order chi connectivity index (χ0) is 36.7. The summed E-state index contributed by atoms with van der Waals surface area (Å²) in [5.74, 6) is 0. The van der Waals surface area contributed by atoms with Crippen molar-refractivity contribution in [2.24, 2.45) is 0 Å². The van der Waals surface area contributed by atoms with E-state index >= 15 is 0 Å². The second-order valence-electron chi connectivity index (χ2n) is 14.5. The molecule has 4 nitrogen and oxygen atoms in total. The van der Waals surface area contributed by atoms with Gasteiger partial charge in [0.05, 0.1) is 16.7 Å². The second kappa shape index (κ2) is 12.0. The predicted octanol–water partition coefficient (Wildman–Crippen LogP) is 14.9. The van der Waals surface area contributed by atoms with Crippen molar-refractivity contribution < 1.29 is 8.83 Å². The molecule has 0 aliphatic carbocycles. The fourth-order valence-corrected chi connectivity index (χ4v) is 8.86. The molecule has 0 aliphatic rings. The lowest BCUT2D eigenvalue weighted by molar-refractivity contribution is 0.669. The summed E-state index contributed by atoms with van der Waals surface area (Å²) in [5, 5.41) is 9.27. The topological polar surface area (TPSA) is 34.5 Å². The highest BCUT2D eigenvalue weighted by molar-refractivity contribution is 6.17. The summed E-state index contributed by atoms with van der Waals surface area (Å²) in [7, 11) is 0. The number of anilines is 3. The molecule has 0 radical (unpaired) electrons. The maximum atomic E-state index is 6.55. The lowest BCUT2D eigenvalue weighted by atomic mass is 9.96. The Morgan fingerprint density at radius 2 is 0.929 bits per heavy atom. The van der Waals surface area contributed by atoms with Crippen LogP contribution in [0.5, 0.6) is 0 Å². The fraction of sp³-hybridized carbons (Fsp3) is 0. The number of hydrogen-bond acceptors (Lipinski definition) is 3. The van der Waals surface area contributed by atoms with E-state index in [0.29, 0.717) is 0 Å². The van der Waals surface area contributed by atoms with Crippen LogP contribution in [0.25, 0.3) is 93.3 Å². The summed E-state index contributed by atoms with van der Waals surface area (Å²) in [6, 6.07) is 69.1. The number of fused-ring (bicyclic) bond motifs is 10. The quantitative estimate of drug-likeness (QED) is 0.178. The highest BCUT2D eigenvalue weighted by Gasteiger charge is 2.22. The van der Waals surface area contributed by atoms with Crippen molar-refractivity contribution in [1.29, 1.82) is 0 Å². The Balaban J connectivity index is 1.08. The van der Waals surface area contributed by atoms with E-state index in [1.807, 2.05) is 12.1 Å². The van der Waals surface area contributed by atoms with Crippen LogP contribution in [0.1, 0.15) is 0 Å². The molecule has 9 aromatic carbocycles. The number of nitrogens with zero attached hydrogens (tertiary/aromatic N) is 2. The molecule has 0 saturated carbocycles. The van der Waals surface area contributed by atoms with Gasteiger partial charge < -0.3 is 18.3 Å². The minimum atomic E-state index is 0.850. The Kier molecular flexibility index (Phi) is 6.60. The van der Waals surface area contributed by atoms with E-state index in [0.717, 1.165) is 83.1 Å². The van der Waals surface area contributed by atoms with Crippen molar-refractivity contribution >= 4 is 93.5 Å². The van der Waals surface area contributed by atoms with Gasteiger partial charge in [-0.05, 0) is 95.2 Å². The van der Waals surface area contributed by atoms with Crippen molar-refractivity contribution in [3.63, 3.8) is 0 Å². The van der Waals surface area contributed by atoms with Gasteiger partial charge in [0.2, 0.25) is 0 Å². The third-order valence-electron chi connectivity index (χ3n) is 11.4. The number of rotatable bonds is 5. The van der Waals surface area contributed by atoms with Gasteiger partial charge in [0.25, 0.3) is 0 Å². The minimum Gasteiger partial charge on any atom is -0.456 e. The first-order chi connectivity index (χ1) is 27.8. The Labute approximate surface area is 321 Å². The molecule has 0 bridgehead atoms. The van der Waals surface area contributed by atoms with Gasteiger partial charge in [-0.25, -0.2) is 0 Å². The standard InChI is InChI=1S/C52H32N2O2/c1-2-13-34-31-50-44(30-33(34)12-1)52-43(18-11-23-49(52)56-50)40-16-5-7-19-45(40)53(37-28-29-42-41-17-6-10-22-48(41)55-51(42)32-37)35-24-26-36(27-25-35)54-46-20-8-3-14-38(46)39-15-4-9-21-47(39)54/h1-32H. The van der Waals surface area contributed by atoms with Crippen LogP contribution in [0.3, 0.4) is 0 Å². The normalized spacial score (nSPS) is 11.9. The minimum absolute atomic E-state index is 0.850. The number of para-hydroxylation sites is 4. The summed E-state index contributed by atoms with van der Waals surface area (Å²) >= 11 is 0. The van der Waals surface area contributed by atoms with Crippen molar-refractivity contribution in [1.82, 2.24) is 4.57 Å². The number of aromatic nitrogens is 1. The SMILES string of the molecule is c1ccc(N(c2ccc(-n3c4ccccc4c4ccccc43)cc2)c2ccc3c(c2)oc2ccccc23)c(-c2cccc3oc4cc5ccccc5cc4c23)c1. The van der Waals surface area contributed by atoms with Crippen LogP contribution < -0.4 is 4.90 Å². The zero-order valence-corrected chi connectivity index (χ0v) is 30.2. The van der Waals surface area contributed by atoms with Gasteiger partial charge in [-0.2, -0.15) is 0 Å². The van der Waals surface area contributed by atoms with Crippen LogP contribution in [0.4, 0.5) is 17.1 Å². The third-order valence-corrected chi connectivity index (χ3v) is 11.4. The van der Waals surface area contributed by atoms with E-state index in [2.05, 4.69) is 191 Å². The molecule has 12 rings (SSSR count). The summed E-state index contributed by atoms with van der Waals surface area (Å²) in [6.45, 7) is 0. The Morgan fingerprint density at radius 1 is 0.357 bits per heavy atom. The van der Waals surface area contributed by atoms with Crippen LogP contribution in [0.2, 0.25) is 0 Å². The van der Waals surface area contributed by atoms with Crippen molar-refractivity contribution in [3.8, 4) is 16.8 Å². The molecule has 3 aromatic heterocycles. The van der Waals surface area contributed by atoms with Gasteiger partial charge in [-0.15, -0.1) is 0 Å². The van der Waals surface area contributed by atoms with Gasteiger partial charge in [0, 0.05) is 61.0 Å². The average Bonchev–Trinajstić information content (AvgIpc) is 3.92. The molecule has 262 valence electrons. The second-order valence-corrected chi connectivity index (χ2v) is 14.5. The van der Waals surface area contributed by atoms with Gasteiger partial charge in [0.1, 0.15) is 22.3 Å². The van der Waals surface area contributed by atoms with E-state index in [1.165, 1.54) is 27.2 Å². The van der Waals surface area contributed by atoms with Crippen molar-refractivity contribution in [2.45, 2.75) is 0 Å². The van der Waals surface area contributed by atoms with E-state index in [1.54, 1.807) is 0 Å². The molecule has 0 N–H and O–H groups in total. The van der Waals surface area contributed by atoms with Gasteiger partial charge in [0.15, 0.2) is 0 Å². The summed E-state index contributed by atoms with van der Waals surface area (Å²) < 4.78 is 15.4. The van der Waals surface area contributed by atoms with Gasteiger partial charge in [-0.3, -0.25) is 0 Å². The van der Waals surface area contributed by atoms with E-state index in [4.69, 9.17) is 8.83 Å². The average molecular weight is 717 g/mol. The van der Waals surface area contributed by atoms with Crippen molar-refractivity contribution in [2.75, 3.05) is 4.90 Å². The first kappa shape index (κ1) is 30.9. The molecule has 0 fully saturated rings. The first-order valence-corrected chi connectivity index (χ1v) is 19.0. The molecular formula is C52H32N2O2. The highest BCUT2D eigenvalue weighted by Crippen LogP contribution is 2.46. The summed E-state index contributed by atoms with van der Waals surface area (Å²) in [4.78, 5) is 2.36. The van der Waals surface area contributed by atoms with E-state index in [9.17, 15) is 0 Å². The fourth-order valence-electron chi connectivity index (χ4n) is 8.86. The Bertz CT molecular complexity index is 3440. The van der Waals surface area contributed by atoms with Crippen LogP contribution in [-0.4, -0.2) is 4.57 Å². The maximum Gasteiger partial charge on any atom is 0.137 e. The summed E-state index contributed by atoms with van der Waals surface area (Å²) in [5.41, 5.74) is 12.3. The molecule has 0 saturated heterocycles. The Morgan fingerprint density at radius 3 is 1.73 bits per heavy atom. The van der Waals surface area contributed by atoms with Crippen LogP contribution in [0.15, 0.2) is 203 Å². The molecule has 0 spiro atoms. The monoisotopic (exact) mass is 716 g/mol. The first-order valence-electron chi connectivity index (χ1n) is 19.0. The smallest absolute Gasteiger partial charge is 0.137 e. The third kappa shape index (κ3) is 4.60. The molecule has 4 heteroatoms. The van der Waals surface area contributed by atoms with Crippen LogP contribution in [-0.2, 0) is 0 Å². The molecule has 56 heavy (non-hydrogen) atoms. The number of benzene rings is 9. The largest absolute Gasteiger partial charge is 0.456 e. The zero-order valence-electron chi connectivity index (χ0n) is 30.2. The maximum absolute atomic E-state index is 6.55. The van der Waals surface area contributed by atoms with Crippen molar-refractivity contribution in [3.05, 3.63) is 194 Å². The molecular weight excluding hydrogens is 685 g/mol. The molecule has 0 amide bonds. The lowest BCUT2D eigenvalue weighted by Gasteiger charge is -2.28. The van der Waals surface area contributed by atoms with E-state index in [-0.39, 0.29) is 0 Å². The summed E-state index contributed by atoms with van der Waals surface area (Å²) in [6.07, 6.45) is 0. The lowest BCUT2D eigenvalue weighted by Crippen LogP contribution is -2.11. The molecule has 12 aromatic rings. The molecule has 0 aliphatic heterocycles. The Hall–Kier alpha value is -7.56. The number of hydrogen-bond donors (Lipinski definition) is 0. The van der Waals surface area contributed by atoms with Crippen LogP contribution in [0, 0.1) is 0 Å². The highest BCUT2D eigenvalue weighted by atomic mass is 16.3. The van der Waals surface area contributed by atoms with Crippen LogP contribution >= 0.6 is 0 Å². The van der Waals surface area contributed by atoms with Gasteiger partial charge in [-0.1, -0.05) is 109 Å². The number of furan rings is 2. The molecule has 0 unspecified atom stereocenters. The molecule has 3 heterocycles. The predicted molar refractivity (Wildman–Crippen MR) is 233 cm³/mol. The van der Waals surface area contributed by atoms with Gasteiger partial charge >= 0.3 is 0 Å².